The molecule has 0 radical (unpaired) electrons. The van der Waals surface area contributed by atoms with Crippen LogP contribution in [0.25, 0.3) is 0 Å². The lowest BCUT2D eigenvalue weighted by atomic mass is 10.2. The average Bonchev–Trinajstić information content (AvgIpc) is 2.87. The molecule has 1 atom stereocenters. The number of carbonyl (C=O) groups excluding carboxylic acids is 1. The van der Waals surface area contributed by atoms with Crippen molar-refractivity contribution in [3.05, 3.63) is 0 Å². The third-order valence-electron chi connectivity index (χ3n) is 3.01. The van der Waals surface area contributed by atoms with E-state index in [2.05, 4.69) is 10.8 Å². The zero-order valence-electron chi connectivity index (χ0n) is 8.42. The highest BCUT2D eigenvalue weighted by Gasteiger charge is 2.23. The molecule has 2 rings (SSSR count). The van der Waals surface area contributed by atoms with Crippen molar-refractivity contribution in [2.75, 3.05) is 6.54 Å². The van der Waals surface area contributed by atoms with Gasteiger partial charge >= 0.3 is 0 Å². The summed E-state index contributed by atoms with van der Waals surface area (Å²) in [5.74, 6) is -0.00519. The average molecular weight is 198 g/mol. The van der Waals surface area contributed by atoms with Crippen LogP contribution in [-0.4, -0.2) is 24.6 Å². The maximum absolute atomic E-state index is 11.5. The van der Waals surface area contributed by atoms with E-state index >= 15 is 0 Å². The van der Waals surface area contributed by atoms with Gasteiger partial charge < -0.3 is 5.32 Å². The summed E-state index contributed by atoms with van der Waals surface area (Å²) < 4.78 is 0. The van der Waals surface area contributed by atoms with Crippen LogP contribution in [0, 0.1) is 0 Å². The van der Waals surface area contributed by atoms with E-state index in [0.29, 0.717) is 0 Å². The lowest BCUT2D eigenvalue weighted by Gasteiger charge is -2.14. The highest BCUT2D eigenvalue weighted by Crippen LogP contribution is 2.19. The third kappa shape index (κ3) is 2.45. The Kier molecular flexibility index (Phi) is 3.37. The zero-order chi connectivity index (χ0) is 9.80. The van der Waals surface area contributed by atoms with Gasteiger partial charge in [0, 0.05) is 0 Å². The minimum Gasteiger partial charge on any atom is -0.306 e. The van der Waals surface area contributed by atoms with Crippen LogP contribution in [0.4, 0.5) is 0 Å². The normalized spacial score (nSPS) is 28.1. The van der Waals surface area contributed by atoms with E-state index in [-0.39, 0.29) is 18.1 Å². The number of hydrogen-bond donors (Lipinski definition) is 2. The summed E-state index contributed by atoms with van der Waals surface area (Å²) in [5, 5.41) is 3.14. The molecule has 0 bridgehead atoms. The Bertz CT molecular complexity index is 196. The quantitative estimate of drug-likeness (QED) is 0.657. The lowest BCUT2D eigenvalue weighted by Crippen LogP contribution is -2.41. The summed E-state index contributed by atoms with van der Waals surface area (Å²) in [5.41, 5.74) is 2.57. The van der Waals surface area contributed by atoms with E-state index in [1.807, 2.05) is 0 Å². The van der Waals surface area contributed by atoms with Gasteiger partial charge in [-0.05, 0) is 32.2 Å². The summed E-state index contributed by atoms with van der Waals surface area (Å²) in [4.78, 5) is 16.8. The molecule has 1 saturated carbocycles. The second-order valence-electron chi connectivity index (χ2n) is 4.14. The predicted octanol–water partition coefficient (Wildman–Crippen LogP) is 0.729. The number of amides is 1. The van der Waals surface area contributed by atoms with E-state index in [9.17, 15) is 4.79 Å². The topological polar surface area (TPSA) is 50.4 Å². The van der Waals surface area contributed by atoms with Crippen molar-refractivity contribution < 1.29 is 9.63 Å². The molecule has 2 fully saturated rings. The largest absolute Gasteiger partial charge is 0.306 e. The molecule has 2 aliphatic rings. The predicted molar refractivity (Wildman–Crippen MR) is 52.5 cm³/mol. The van der Waals surface area contributed by atoms with E-state index in [4.69, 9.17) is 4.84 Å². The van der Waals surface area contributed by atoms with Crippen molar-refractivity contribution in [2.45, 2.75) is 50.7 Å². The second kappa shape index (κ2) is 4.75. The van der Waals surface area contributed by atoms with Crippen LogP contribution in [0.5, 0.6) is 0 Å². The molecule has 1 amide bonds. The van der Waals surface area contributed by atoms with E-state index in [0.717, 1.165) is 32.2 Å². The summed E-state index contributed by atoms with van der Waals surface area (Å²) in [7, 11) is 0. The molecule has 14 heavy (non-hydrogen) atoms. The van der Waals surface area contributed by atoms with E-state index < -0.39 is 0 Å². The standard InChI is InChI=1S/C10H18N2O2/c13-10(9-6-3-7-11-9)12-14-8-4-1-2-5-8/h8-9,11H,1-7H2,(H,12,13)/t9-/m1/s1. The van der Waals surface area contributed by atoms with Gasteiger partial charge in [0.2, 0.25) is 0 Å². The summed E-state index contributed by atoms with van der Waals surface area (Å²) in [6.07, 6.45) is 6.88. The molecule has 1 aliphatic heterocycles. The monoisotopic (exact) mass is 198 g/mol. The van der Waals surface area contributed by atoms with Crippen molar-refractivity contribution in [2.24, 2.45) is 0 Å². The van der Waals surface area contributed by atoms with Crippen LogP contribution in [0.3, 0.4) is 0 Å². The fourth-order valence-electron chi connectivity index (χ4n) is 2.13. The van der Waals surface area contributed by atoms with Crippen LogP contribution in [-0.2, 0) is 9.63 Å². The van der Waals surface area contributed by atoms with Gasteiger partial charge in [-0.1, -0.05) is 12.8 Å². The van der Waals surface area contributed by atoms with Gasteiger partial charge in [0.25, 0.3) is 5.91 Å². The van der Waals surface area contributed by atoms with Crippen molar-refractivity contribution in [1.29, 1.82) is 0 Å². The highest BCUT2D eigenvalue weighted by atomic mass is 16.7. The van der Waals surface area contributed by atoms with Gasteiger partial charge in [0.1, 0.15) is 0 Å². The van der Waals surface area contributed by atoms with Crippen LogP contribution >= 0.6 is 0 Å². The molecule has 80 valence electrons. The Morgan fingerprint density at radius 2 is 2.00 bits per heavy atom. The molecule has 1 heterocycles. The molecule has 0 aromatic heterocycles. The van der Waals surface area contributed by atoms with E-state index in [1.165, 1.54) is 12.8 Å². The zero-order valence-corrected chi connectivity index (χ0v) is 8.42. The minimum atomic E-state index is -0.0311. The van der Waals surface area contributed by atoms with Crippen LogP contribution < -0.4 is 10.8 Å². The first-order valence-corrected chi connectivity index (χ1v) is 5.55. The van der Waals surface area contributed by atoms with Crippen LogP contribution in [0.15, 0.2) is 0 Å². The van der Waals surface area contributed by atoms with Gasteiger partial charge in [-0.2, -0.15) is 0 Å². The fraction of sp³-hybridized carbons (Fsp3) is 0.900. The maximum Gasteiger partial charge on any atom is 0.260 e. The number of nitrogens with one attached hydrogen (secondary N) is 2. The van der Waals surface area contributed by atoms with Gasteiger partial charge in [-0.25, -0.2) is 5.48 Å². The Morgan fingerprint density at radius 1 is 1.21 bits per heavy atom. The molecule has 0 aromatic rings. The Hall–Kier alpha value is -0.610. The molecular formula is C10H18N2O2. The molecule has 4 nitrogen and oxygen atoms in total. The van der Waals surface area contributed by atoms with Crippen molar-refractivity contribution in [3.8, 4) is 0 Å². The number of carbonyl (C=O) groups is 1. The van der Waals surface area contributed by atoms with Gasteiger partial charge in [0.05, 0.1) is 12.1 Å². The first kappa shape index (κ1) is 9.93. The number of rotatable bonds is 3. The first-order valence-electron chi connectivity index (χ1n) is 5.55. The van der Waals surface area contributed by atoms with Crippen LogP contribution in [0.1, 0.15) is 38.5 Å². The minimum absolute atomic E-state index is 0.00519. The Morgan fingerprint density at radius 3 is 2.64 bits per heavy atom. The SMILES string of the molecule is O=C(NOC1CCCC1)[C@H]1CCCN1. The summed E-state index contributed by atoms with van der Waals surface area (Å²) in [6.45, 7) is 0.946. The third-order valence-corrected chi connectivity index (χ3v) is 3.01. The van der Waals surface area contributed by atoms with Crippen molar-refractivity contribution >= 4 is 5.91 Å². The molecule has 1 aliphatic carbocycles. The smallest absolute Gasteiger partial charge is 0.260 e. The Balaban J connectivity index is 1.66. The highest BCUT2D eigenvalue weighted by molar-refractivity contribution is 5.81. The lowest BCUT2D eigenvalue weighted by molar-refractivity contribution is -0.140. The molecule has 1 saturated heterocycles. The molecule has 4 heteroatoms. The molecule has 0 spiro atoms. The first-order chi connectivity index (χ1) is 6.86. The molecule has 2 N–H and O–H groups in total. The molecule has 0 unspecified atom stereocenters. The molecular weight excluding hydrogens is 180 g/mol. The summed E-state index contributed by atoms with van der Waals surface area (Å²) >= 11 is 0. The van der Waals surface area contributed by atoms with Gasteiger partial charge in [-0.15, -0.1) is 0 Å². The van der Waals surface area contributed by atoms with Crippen molar-refractivity contribution in [1.82, 2.24) is 10.8 Å². The summed E-state index contributed by atoms with van der Waals surface area (Å²) in [6, 6.07) is -0.0311. The second-order valence-corrected chi connectivity index (χ2v) is 4.14. The number of hydrogen-bond acceptors (Lipinski definition) is 3. The van der Waals surface area contributed by atoms with Gasteiger partial charge in [-0.3, -0.25) is 9.63 Å². The fourth-order valence-corrected chi connectivity index (χ4v) is 2.13. The number of hydroxylamine groups is 1. The van der Waals surface area contributed by atoms with Gasteiger partial charge in [0.15, 0.2) is 0 Å². The van der Waals surface area contributed by atoms with Crippen LogP contribution in [0.2, 0.25) is 0 Å². The van der Waals surface area contributed by atoms with E-state index in [1.54, 1.807) is 0 Å². The maximum atomic E-state index is 11.5. The Labute approximate surface area is 84.3 Å². The molecule has 0 aromatic carbocycles. The van der Waals surface area contributed by atoms with Crippen molar-refractivity contribution in [3.63, 3.8) is 0 Å².